The molecule has 0 atom stereocenters. The fraction of sp³-hybridized carbons (Fsp3) is 0.125. The highest BCUT2D eigenvalue weighted by molar-refractivity contribution is 6.31. The molecule has 0 bridgehead atoms. The summed E-state index contributed by atoms with van der Waals surface area (Å²) in [7, 11) is 1.54. The molecule has 7 nitrogen and oxygen atoms in total. The quantitative estimate of drug-likeness (QED) is 0.391. The van der Waals surface area contributed by atoms with E-state index in [2.05, 4.69) is 15.8 Å². The van der Waals surface area contributed by atoms with Crippen LogP contribution in [0.1, 0.15) is 21.5 Å². The zero-order chi connectivity index (χ0) is 22.9. The first-order valence-corrected chi connectivity index (χ1v) is 10.1. The fourth-order valence-electron chi connectivity index (χ4n) is 2.66. The third-order valence-electron chi connectivity index (χ3n) is 4.42. The molecule has 8 heteroatoms. The van der Waals surface area contributed by atoms with Crippen molar-refractivity contribution in [2.75, 3.05) is 19.0 Å². The Bertz CT molecular complexity index is 1130. The van der Waals surface area contributed by atoms with Crippen LogP contribution in [0.15, 0.2) is 71.8 Å². The molecule has 0 heterocycles. The molecule has 2 N–H and O–H groups in total. The van der Waals surface area contributed by atoms with Gasteiger partial charge in [0.05, 0.1) is 13.3 Å². The molecule has 0 unspecified atom stereocenters. The van der Waals surface area contributed by atoms with Crippen LogP contribution in [0.5, 0.6) is 11.5 Å². The van der Waals surface area contributed by atoms with Crippen molar-refractivity contribution in [1.29, 1.82) is 0 Å². The smallest absolute Gasteiger partial charge is 0.271 e. The molecule has 0 spiro atoms. The molecular formula is C24H22ClN3O4. The number of halogens is 1. The van der Waals surface area contributed by atoms with E-state index >= 15 is 0 Å². The Morgan fingerprint density at radius 2 is 1.81 bits per heavy atom. The Morgan fingerprint density at radius 3 is 2.53 bits per heavy atom. The van der Waals surface area contributed by atoms with E-state index in [9.17, 15) is 9.59 Å². The molecule has 0 radical (unpaired) electrons. The molecule has 2 amide bonds. The number of anilines is 1. The first-order valence-electron chi connectivity index (χ1n) is 9.71. The Balaban J connectivity index is 1.47. The van der Waals surface area contributed by atoms with Crippen LogP contribution in [0.3, 0.4) is 0 Å². The minimum Gasteiger partial charge on any atom is -0.497 e. The van der Waals surface area contributed by atoms with Gasteiger partial charge in [0.1, 0.15) is 11.5 Å². The first-order chi connectivity index (χ1) is 15.4. The van der Waals surface area contributed by atoms with Gasteiger partial charge < -0.3 is 14.8 Å². The lowest BCUT2D eigenvalue weighted by Crippen LogP contribution is -2.20. The number of rotatable bonds is 8. The molecule has 0 aliphatic heterocycles. The van der Waals surface area contributed by atoms with Crippen molar-refractivity contribution in [2.45, 2.75) is 6.92 Å². The van der Waals surface area contributed by atoms with Crippen molar-refractivity contribution in [1.82, 2.24) is 5.43 Å². The molecule has 0 aliphatic rings. The van der Waals surface area contributed by atoms with Crippen molar-refractivity contribution in [3.63, 3.8) is 0 Å². The second-order valence-corrected chi connectivity index (χ2v) is 7.21. The van der Waals surface area contributed by atoms with Gasteiger partial charge in [-0.1, -0.05) is 23.7 Å². The summed E-state index contributed by atoms with van der Waals surface area (Å²) in [6, 6.07) is 19.0. The largest absolute Gasteiger partial charge is 0.497 e. The summed E-state index contributed by atoms with van der Waals surface area (Å²) in [5.41, 5.74) is 5.20. The number of benzene rings is 3. The molecule has 0 saturated carbocycles. The summed E-state index contributed by atoms with van der Waals surface area (Å²) < 4.78 is 10.6. The molecular weight excluding hydrogens is 430 g/mol. The van der Waals surface area contributed by atoms with Crippen molar-refractivity contribution < 1.29 is 19.1 Å². The highest BCUT2D eigenvalue weighted by Crippen LogP contribution is 2.20. The molecule has 0 saturated heterocycles. The van der Waals surface area contributed by atoms with E-state index in [1.165, 1.54) is 13.3 Å². The second kappa shape index (κ2) is 11.0. The fourth-order valence-corrected chi connectivity index (χ4v) is 2.84. The molecule has 0 fully saturated rings. The number of ether oxygens (including phenoxy) is 2. The van der Waals surface area contributed by atoms with Gasteiger partial charge in [0.15, 0.2) is 6.61 Å². The number of methoxy groups -OCH3 is 1. The lowest BCUT2D eigenvalue weighted by Gasteiger charge is -2.08. The van der Waals surface area contributed by atoms with Gasteiger partial charge >= 0.3 is 0 Å². The molecule has 0 aliphatic carbocycles. The maximum absolute atomic E-state index is 12.1. The zero-order valence-corrected chi connectivity index (χ0v) is 18.3. The third-order valence-corrected chi connectivity index (χ3v) is 4.82. The maximum Gasteiger partial charge on any atom is 0.271 e. The average Bonchev–Trinajstić information content (AvgIpc) is 2.81. The summed E-state index contributed by atoms with van der Waals surface area (Å²) >= 11 is 6.06. The summed E-state index contributed by atoms with van der Waals surface area (Å²) in [6.45, 7) is 1.75. The number of carbonyl (C=O) groups excluding carboxylic acids is 2. The van der Waals surface area contributed by atoms with Gasteiger partial charge in [0.2, 0.25) is 0 Å². The van der Waals surface area contributed by atoms with Crippen LogP contribution in [0.25, 0.3) is 0 Å². The lowest BCUT2D eigenvalue weighted by molar-refractivity contribution is -0.118. The number of nitrogens with zero attached hydrogens (tertiary/aromatic N) is 1. The second-order valence-electron chi connectivity index (χ2n) is 6.80. The maximum atomic E-state index is 12.1. The summed E-state index contributed by atoms with van der Waals surface area (Å²) in [5.74, 6) is 0.477. The number of hydrogen-bond donors (Lipinski definition) is 2. The molecule has 0 aromatic heterocycles. The Labute approximate surface area is 191 Å². The SMILES string of the molecule is COc1cccc(C(=O)N/N=C/c2ccc(OCC(=O)Nc3ccc(C)c(Cl)c3)cc2)c1. The van der Waals surface area contributed by atoms with Crippen LogP contribution in [0.2, 0.25) is 5.02 Å². The van der Waals surface area contributed by atoms with Gasteiger partial charge in [-0.3, -0.25) is 9.59 Å². The van der Waals surface area contributed by atoms with Crippen LogP contribution < -0.4 is 20.2 Å². The lowest BCUT2D eigenvalue weighted by atomic mass is 10.2. The van der Waals surface area contributed by atoms with Gasteiger partial charge in [-0.05, 0) is 72.6 Å². The van der Waals surface area contributed by atoms with Crippen LogP contribution in [0.4, 0.5) is 5.69 Å². The van der Waals surface area contributed by atoms with E-state index in [1.807, 2.05) is 13.0 Å². The Morgan fingerprint density at radius 1 is 1.03 bits per heavy atom. The summed E-state index contributed by atoms with van der Waals surface area (Å²) in [4.78, 5) is 24.2. The van der Waals surface area contributed by atoms with E-state index in [0.29, 0.717) is 27.8 Å². The van der Waals surface area contributed by atoms with Gasteiger partial charge in [-0.2, -0.15) is 5.10 Å². The van der Waals surface area contributed by atoms with Crippen molar-refractivity contribution in [3.05, 3.63) is 88.4 Å². The minimum absolute atomic E-state index is 0.143. The number of hydrazone groups is 1. The zero-order valence-electron chi connectivity index (χ0n) is 17.6. The van der Waals surface area contributed by atoms with E-state index in [0.717, 1.165) is 11.1 Å². The standard InChI is InChI=1S/C24H22ClN3O4/c1-16-6-9-19(13-22(16)25)27-23(29)15-32-20-10-7-17(8-11-20)14-26-28-24(30)18-4-3-5-21(12-18)31-2/h3-14H,15H2,1-2H3,(H,27,29)(H,28,30)/b26-14+. The van der Waals surface area contributed by atoms with E-state index < -0.39 is 0 Å². The third kappa shape index (κ3) is 6.58. The average molecular weight is 452 g/mol. The van der Waals surface area contributed by atoms with Gasteiger partial charge in [0, 0.05) is 16.3 Å². The van der Waals surface area contributed by atoms with Crippen LogP contribution in [-0.2, 0) is 4.79 Å². The van der Waals surface area contributed by atoms with Crippen LogP contribution in [0, 0.1) is 6.92 Å². The Hall–Kier alpha value is -3.84. The highest BCUT2D eigenvalue weighted by atomic mass is 35.5. The van der Waals surface area contributed by atoms with Gasteiger partial charge in [0.25, 0.3) is 11.8 Å². The van der Waals surface area contributed by atoms with Crippen molar-refractivity contribution >= 4 is 35.3 Å². The van der Waals surface area contributed by atoms with Gasteiger partial charge in [-0.25, -0.2) is 5.43 Å². The summed E-state index contributed by atoms with van der Waals surface area (Å²) in [5, 5.41) is 7.27. The monoisotopic (exact) mass is 451 g/mol. The number of carbonyl (C=O) groups is 2. The van der Waals surface area contributed by atoms with E-state index in [1.54, 1.807) is 60.7 Å². The van der Waals surface area contributed by atoms with E-state index in [4.69, 9.17) is 21.1 Å². The van der Waals surface area contributed by atoms with Crippen molar-refractivity contribution in [2.24, 2.45) is 5.10 Å². The summed E-state index contributed by atoms with van der Waals surface area (Å²) in [6.07, 6.45) is 1.51. The predicted octanol–water partition coefficient (Wildman–Crippen LogP) is 4.44. The first kappa shape index (κ1) is 22.8. The molecule has 3 aromatic carbocycles. The molecule has 3 aromatic rings. The normalized spacial score (nSPS) is 10.6. The Kier molecular flexibility index (Phi) is 7.83. The van der Waals surface area contributed by atoms with Crippen LogP contribution in [-0.4, -0.2) is 31.7 Å². The number of amides is 2. The molecule has 32 heavy (non-hydrogen) atoms. The van der Waals surface area contributed by atoms with Crippen molar-refractivity contribution in [3.8, 4) is 11.5 Å². The van der Waals surface area contributed by atoms with E-state index in [-0.39, 0.29) is 18.4 Å². The van der Waals surface area contributed by atoms with Gasteiger partial charge in [-0.15, -0.1) is 0 Å². The molecule has 3 rings (SSSR count). The topological polar surface area (TPSA) is 89.0 Å². The minimum atomic E-state index is -0.346. The van der Waals surface area contributed by atoms with Crippen LogP contribution >= 0.6 is 11.6 Å². The predicted molar refractivity (Wildman–Crippen MR) is 125 cm³/mol. The number of nitrogens with one attached hydrogen (secondary N) is 2. The highest BCUT2D eigenvalue weighted by Gasteiger charge is 2.06. The number of aryl methyl sites for hydroxylation is 1. The number of hydrogen-bond acceptors (Lipinski definition) is 5. The molecule has 164 valence electrons.